The standard InChI is InChI=1S/C16H20N2O3/c1-16(2,3)21-15-13(17)9-10-14(18-15)20-12-7-5-11(19-4)6-8-12/h5-10H,17H2,1-4H3. The largest absolute Gasteiger partial charge is 0.497 e. The first-order valence-corrected chi connectivity index (χ1v) is 6.65. The molecular weight excluding hydrogens is 268 g/mol. The number of nitrogens with zero attached hydrogens (tertiary/aromatic N) is 1. The predicted molar refractivity (Wildman–Crippen MR) is 82.1 cm³/mol. The van der Waals surface area contributed by atoms with Gasteiger partial charge < -0.3 is 19.9 Å². The van der Waals surface area contributed by atoms with Gasteiger partial charge in [0.05, 0.1) is 12.8 Å². The average molecular weight is 288 g/mol. The first kappa shape index (κ1) is 15.0. The van der Waals surface area contributed by atoms with Gasteiger partial charge in [-0.1, -0.05) is 0 Å². The summed E-state index contributed by atoms with van der Waals surface area (Å²) in [6, 6.07) is 10.7. The molecule has 5 heteroatoms. The van der Waals surface area contributed by atoms with E-state index in [4.69, 9.17) is 19.9 Å². The van der Waals surface area contributed by atoms with Crippen molar-refractivity contribution in [3.63, 3.8) is 0 Å². The van der Waals surface area contributed by atoms with E-state index in [1.807, 2.05) is 32.9 Å². The van der Waals surface area contributed by atoms with E-state index >= 15 is 0 Å². The zero-order valence-corrected chi connectivity index (χ0v) is 12.7. The van der Waals surface area contributed by atoms with E-state index in [2.05, 4.69) is 4.98 Å². The van der Waals surface area contributed by atoms with Gasteiger partial charge in [-0.15, -0.1) is 0 Å². The Morgan fingerprint density at radius 2 is 1.57 bits per heavy atom. The van der Waals surface area contributed by atoms with Crippen LogP contribution in [0.15, 0.2) is 36.4 Å². The summed E-state index contributed by atoms with van der Waals surface area (Å²) in [5.74, 6) is 2.22. The Morgan fingerprint density at radius 1 is 0.952 bits per heavy atom. The molecule has 0 saturated carbocycles. The van der Waals surface area contributed by atoms with E-state index in [-0.39, 0.29) is 5.60 Å². The number of methoxy groups -OCH3 is 1. The molecule has 1 aromatic carbocycles. The highest BCUT2D eigenvalue weighted by Crippen LogP contribution is 2.28. The minimum Gasteiger partial charge on any atom is -0.497 e. The van der Waals surface area contributed by atoms with E-state index in [9.17, 15) is 0 Å². The summed E-state index contributed by atoms with van der Waals surface area (Å²) in [5.41, 5.74) is 5.97. The van der Waals surface area contributed by atoms with Crippen molar-refractivity contribution in [2.75, 3.05) is 12.8 Å². The van der Waals surface area contributed by atoms with Crippen LogP contribution < -0.4 is 19.9 Å². The van der Waals surface area contributed by atoms with Crippen LogP contribution in [0.2, 0.25) is 0 Å². The second-order valence-corrected chi connectivity index (χ2v) is 5.54. The van der Waals surface area contributed by atoms with Crippen LogP contribution >= 0.6 is 0 Å². The van der Waals surface area contributed by atoms with Crippen molar-refractivity contribution >= 4 is 5.69 Å². The molecule has 0 bridgehead atoms. The topological polar surface area (TPSA) is 66.6 Å². The summed E-state index contributed by atoms with van der Waals surface area (Å²) in [5, 5.41) is 0. The van der Waals surface area contributed by atoms with Gasteiger partial charge in [0.15, 0.2) is 0 Å². The third kappa shape index (κ3) is 4.27. The Balaban J connectivity index is 2.18. The number of anilines is 1. The normalized spacial score (nSPS) is 11.0. The first-order chi connectivity index (χ1) is 9.87. The fraction of sp³-hybridized carbons (Fsp3) is 0.312. The molecule has 1 heterocycles. The maximum Gasteiger partial charge on any atom is 0.241 e. The highest BCUT2D eigenvalue weighted by Gasteiger charge is 2.16. The van der Waals surface area contributed by atoms with Crippen LogP contribution in [-0.2, 0) is 0 Å². The Labute approximate surface area is 124 Å². The Bertz CT molecular complexity index is 604. The summed E-state index contributed by atoms with van der Waals surface area (Å²) in [6.07, 6.45) is 0. The molecule has 112 valence electrons. The highest BCUT2D eigenvalue weighted by atomic mass is 16.5. The van der Waals surface area contributed by atoms with Crippen LogP contribution in [0.25, 0.3) is 0 Å². The van der Waals surface area contributed by atoms with Crippen molar-refractivity contribution in [2.45, 2.75) is 26.4 Å². The Hall–Kier alpha value is -2.43. The summed E-state index contributed by atoms with van der Waals surface area (Å²) < 4.78 is 16.5. The SMILES string of the molecule is COc1ccc(Oc2ccc(N)c(OC(C)(C)C)n2)cc1. The minimum atomic E-state index is -0.375. The van der Waals surface area contributed by atoms with Gasteiger partial charge in [0.1, 0.15) is 17.1 Å². The quantitative estimate of drug-likeness (QED) is 0.930. The van der Waals surface area contributed by atoms with E-state index in [0.29, 0.717) is 23.2 Å². The molecular formula is C16H20N2O3. The number of hydrogen-bond donors (Lipinski definition) is 1. The lowest BCUT2D eigenvalue weighted by Crippen LogP contribution is -2.24. The van der Waals surface area contributed by atoms with Gasteiger partial charge in [0, 0.05) is 6.07 Å². The molecule has 0 aliphatic heterocycles. The number of pyridine rings is 1. The van der Waals surface area contributed by atoms with Gasteiger partial charge >= 0.3 is 0 Å². The van der Waals surface area contributed by atoms with Crippen LogP contribution in [0, 0.1) is 0 Å². The van der Waals surface area contributed by atoms with Crippen LogP contribution in [0.4, 0.5) is 5.69 Å². The van der Waals surface area contributed by atoms with Crippen LogP contribution in [-0.4, -0.2) is 17.7 Å². The first-order valence-electron chi connectivity index (χ1n) is 6.65. The Morgan fingerprint density at radius 3 is 2.14 bits per heavy atom. The molecule has 0 saturated heterocycles. The average Bonchev–Trinajstić information content (AvgIpc) is 2.42. The number of ether oxygens (including phenoxy) is 3. The van der Waals surface area contributed by atoms with Crippen LogP contribution in [0.5, 0.6) is 23.3 Å². The number of nitrogen functional groups attached to an aromatic ring is 1. The summed E-state index contributed by atoms with van der Waals surface area (Å²) >= 11 is 0. The summed E-state index contributed by atoms with van der Waals surface area (Å²) in [6.45, 7) is 5.81. The van der Waals surface area contributed by atoms with Crippen LogP contribution in [0.1, 0.15) is 20.8 Å². The van der Waals surface area contributed by atoms with Gasteiger partial charge in [-0.3, -0.25) is 0 Å². The zero-order chi connectivity index (χ0) is 15.5. The van der Waals surface area contributed by atoms with Crippen molar-refractivity contribution < 1.29 is 14.2 Å². The van der Waals surface area contributed by atoms with Gasteiger partial charge in [-0.2, -0.15) is 4.98 Å². The number of nitrogens with two attached hydrogens (primary N) is 1. The molecule has 0 radical (unpaired) electrons. The predicted octanol–water partition coefficient (Wildman–Crippen LogP) is 3.64. The van der Waals surface area contributed by atoms with E-state index in [1.54, 1.807) is 31.4 Å². The molecule has 21 heavy (non-hydrogen) atoms. The van der Waals surface area contributed by atoms with Crippen LogP contribution in [0.3, 0.4) is 0 Å². The van der Waals surface area contributed by atoms with Crippen molar-refractivity contribution in [2.24, 2.45) is 0 Å². The highest BCUT2D eigenvalue weighted by molar-refractivity contribution is 5.50. The molecule has 0 aliphatic rings. The smallest absolute Gasteiger partial charge is 0.241 e. The zero-order valence-electron chi connectivity index (χ0n) is 12.7. The van der Waals surface area contributed by atoms with Crippen molar-refractivity contribution in [1.82, 2.24) is 4.98 Å². The summed E-state index contributed by atoms with van der Waals surface area (Å²) in [7, 11) is 1.62. The fourth-order valence-corrected chi connectivity index (χ4v) is 1.63. The summed E-state index contributed by atoms with van der Waals surface area (Å²) in [4.78, 5) is 4.29. The molecule has 2 rings (SSSR count). The maximum atomic E-state index is 5.87. The second kappa shape index (κ2) is 5.91. The molecule has 2 aromatic rings. The van der Waals surface area contributed by atoms with Gasteiger partial charge in [-0.25, -0.2) is 0 Å². The number of benzene rings is 1. The third-order valence-electron chi connectivity index (χ3n) is 2.55. The fourth-order valence-electron chi connectivity index (χ4n) is 1.63. The number of rotatable bonds is 4. The molecule has 1 aromatic heterocycles. The molecule has 0 fully saturated rings. The van der Waals surface area contributed by atoms with E-state index in [0.717, 1.165) is 5.75 Å². The number of aromatic nitrogens is 1. The second-order valence-electron chi connectivity index (χ2n) is 5.54. The van der Waals surface area contributed by atoms with Crippen molar-refractivity contribution in [3.8, 4) is 23.3 Å². The molecule has 0 spiro atoms. The molecule has 0 unspecified atom stereocenters. The minimum absolute atomic E-state index is 0.369. The molecule has 2 N–H and O–H groups in total. The third-order valence-corrected chi connectivity index (χ3v) is 2.55. The van der Waals surface area contributed by atoms with E-state index < -0.39 is 0 Å². The lowest BCUT2D eigenvalue weighted by atomic mass is 10.2. The number of hydrogen-bond acceptors (Lipinski definition) is 5. The van der Waals surface area contributed by atoms with Gasteiger partial charge in [-0.05, 0) is 51.1 Å². The van der Waals surface area contributed by atoms with Gasteiger partial charge in [0.25, 0.3) is 0 Å². The molecule has 5 nitrogen and oxygen atoms in total. The van der Waals surface area contributed by atoms with Gasteiger partial charge in [0.2, 0.25) is 11.8 Å². The van der Waals surface area contributed by atoms with Crippen molar-refractivity contribution in [1.29, 1.82) is 0 Å². The Kier molecular flexibility index (Phi) is 4.21. The molecule has 0 amide bonds. The molecule has 0 atom stereocenters. The lowest BCUT2D eigenvalue weighted by Gasteiger charge is -2.21. The maximum absolute atomic E-state index is 5.87. The lowest BCUT2D eigenvalue weighted by molar-refractivity contribution is 0.124. The van der Waals surface area contributed by atoms with Crippen molar-refractivity contribution in [3.05, 3.63) is 36.4 Å². The van der Waals surface area contributed by atoms with E-state index in [1.165, 1.54) is 0 Å². The molecule has 0 aliphatic carbocycles. The monoisotopic (exact) mass is 288 g/mol.